The summed E-state index contributed by atoms with van der Waals surface area (Å²) in [5.74, 6) is 0. The van der Waals surface area contributed by atoms with E-state index in [0.717, 1.165) is 18.2 Å². The second-order valence-electron chi connectivity index (χ2n) is 2.80. The molecule has 0 fully saturated rings. The second kappa shape index (κ2) is 5.31. The number of hydrogen-bond donors (Lipinski definition) is 0. The molecule has 2 heteroatoms. The topological polar surface area (TPSA) is 12.9 Å². The molecule has 0 saturated heterocycles. The minimum atomic E-state index is 1.06. The molecule has 1 rings (SSSR count). The fraction of sp³-hybridized carbons (Fsp3) is 0.500. The summed E-state index contributed by atoms with van der Waals surface area (Å²) in [4.78, 5) is 4.37. The number of aromatic nitrogens is 1. The molecule has 1 heterocycles. The van der Waals surface area contributed by atoms with E-state index in [1.54, 1.807) is 0 Å². The van der Waals surface area contributed by atoms with Gasteiger partial charge < -0.3 is 0 Å². The van der Waals surface area contributed by atoms with Crippen molar-refractivity contribution in [1.29, 1.82) is 0 Å². The predicted molar refractivity (Wildman–Crippen MR) is 55.7 cm³/mol. The van der Waals surface area contributed by atoms with E-state index < -0.39 is 0 Å². The van der Waals surface area contributed by atoms with Crippen molar-refractivity contribution in [3.8, 4) is 0 Å². The molecule has 0 aromatic carbocycles. The lowest BCUT2D eigenvalue weighted by molar-refractivity contribution is 0.890. The van der Waals surface area contributed by atoms with Crippen molar-refractivity contribution in [2.24, 2.45) is 0 Å². The number of rotatable bonds is 4. The third-order valence-corrected chi connectivity index (χ3v) is 2.42. The van der Waals surface area contributed by atoms with E-state index in [9.17, 15) is 0 Å². The van der Waals surface area contributed by atoms with Crippen LogP contribution in [0.1, 0.15) is 24.6 Å². The van der Waals surface area contributed by atoms with Crippen LogP contribution >= 0.6 is 15.9 Å². The maximum Gasteiger partial charge on any atom is 0.0404 e. The first kappa shape index (κ1) is 9.72. The number of nitrogens with zero attached hydrogens (tertiary/aromatic N) is 1. The van der Waals surface area contributed by atoms with Gasteiger partial charge in [0.05, 0.1) is 0 Å². The van der Waals surface area contributed by atoms with Gasteiger partial charge in [0, 0.05) is 17.2 Å². The SMILES string of the molecule is CCc1ccc(CCCBr)nc1. The van der Waals surface area contributed by atoms with Gasteiger partial charge in [-0.05, 0) is 30.9 Å². The van der Waals surface area contributed by atoms with Gasteiger partial charge in [0.15, 0.2) is 0 Å². The first-order valence-corrected chi connectivity index (χ1v) is 5.48. The molecule has 0 amide bonds. The Morgan fingerprint density at radius 3 is 2.75 bits per heavy atom. The molecule has 0 radical (unpaired) electrons. The van der Waals surface area contributed by atoms with Crippen molar-refractivity contribution in [2.45, 2.75) is 26.2 Å². The maximum absolute atomic E-state index is 4.37. The highest BCUT2D eigenvalue weighted by atomic mass is 79.9. The highest BCUT2D eigenvalue weighted by Gasteiger charge is 1.93. The molecular formula is C10H14BrN. The van der Waals surface area contributed by atoms with Gasteiger partial charge in [-0.15, -0.1) is 0 Å². The lowest BCUT2D eigenvalue weighted by Crippen LogP contribution is -1.91. The number of alkyl halides is 1. The number of halogens is 1. The number of pyridine rings is 1. The standard InChI is InChI=1S/C10H14BrN/c1-2-9-5-6-10(12-8-9)4-3-7-11/h5-6,8H,2-4,7H2,1H3. The first-order chi connectivity index (χ1) is 5.86. The van der Waals surface area contributed by atoms with Crippen LogP contribution in [0.4, 0.5) is 0 Å². The van der Waals surface area contributed by atoms with Crippen LogP contribution in [0.3, 0.4) is 0 Å². The third-order valence-electron chi connectivity index (χ3n) is 1.86. The summed E-state index contributed by atoms with van der Waals surface area (Å²) in [6.45, 7) is 2.15. The Hall–Kier alpha value is -0.370. The first-order valence-electron chi connectivity index (χ1n) is 4.36. The van der Waals surface area contributed by atoms with Crippen LogP contribution in [0.2, 0.25) is 0 Å². The second-order valence-corrected chi connectivity index (χ2v) is 3.60. The zero-order valence-electron chi connectivity index (χ0n) is 7.39. The third kappa shape index (κ3) is 2.94. The Morgan fingerprint density at radius 2 is 2.25 bits per heavy atom. The molecule has 0 spiro atoms. The van der Waals surface area contributed by atoms with Crippen LogP contribution < -0.4 is 0 Å². The molecular weight excluding hydrogens is 214 g/mol. The van der Waals surface area contributed by atoms with E-state index in [4.69, 9.17) is 0 Å². The molecule has 1 nitrogen and oxygen atoms in total. The van der Waals surface area contributed by atoms with Gasteiger partial charge in [0.25, 0.3) is 0 Å². The quantitative estimate of drug-likeness (QED) is 0.722. The lowest BCUT2D eigenvalue weighted by Gasteiger charge is -1.99. The summed E-state index contributed by atoms with van der Waals surface area (Å²) < 4.78 is 0. The van der Waals surface area contributed by atoms with Gasteiger partial charge in [-0.1, -0.05) is 28.9 Å². The van der Waals surface area contributed by atoms with Gasteiger partial charge in [0.1, 0.15) is 0 Å². The molecule has 12 heavy (non-hydrogen) atoms. The van der Waals surface area contributed by atoms with Gasteiger partial charge in [-0.25, -0.2) is 0 Å². The maximum atomic E-state index is 4.37. The monoisotopic (exact) mass is 227 g/mol. The highest BCUT2D eigenvalue weighted by molar-refractivity contribution is 9.09. The van der Waals surface area contributed by atoms with Crippen LogP contribution in [0.15, 0.2) is 18.3 Å². The van der Waals surface area contributed by atoms with Crippen molar-refractivity contribution < 1.29 is 0 Å². The molecule has 1 aromatic heterocycles. The average molecular weight is 228 g/mol. The van der Waals surface area contributed by atoms with E-state index in [0.29, 0.717) is 0 Å². The van der Waals surface area contributed by atoms with E-state index >= 15 is 0 Å². The van der Waals surface area contributed by atoms with Crippen LogP contribution in [0.5, 0.6) is 0 Å². The molecule has 0 aliphatic heterocycles. The predicted octanol–water partition coefficient (Wildman–Crippen LogP) is 2.97. The summed E-state index contributed by atoms with van der Waals surface area (Å²) in [6, 6.07) is 4.29. The fourth-order valence-corrected chi connectivity index (χ4v) is 1.34. The van der Waals surface area contributed by atoms with Crippen molar-refractivity contribution in [2.75, 3.05) is 5.33 Å². The Morgan fingerprint density at radius 1 is 1.42 bits per heavy atom. The molecule has 0 bridgehead atoms. The van der Waals surface area contributed by atoms with Crippen LogP contribution in [-0.4, -0.2) is 10.3 Å². The van der Waals surface area contributed by atoms with Gasteiger partial charge in [-0.3, -0.25) is 4.98 Å². The fourth-order valence-electron chi connectivity index (χ4n) is 1.06. The molecule has 0 atom stereocenters. The van der Waals surface area contributed by atoms with Gasteiger partial charge >= 0.3 is 0 Å². The Bertz CT molecular complexity index is 218. The van der Waals surface area contributed by atoms with Crippen LogP contribution in [0.25, 0.3) is 0 Å². The summed E-state index contributed by atoms with van der Waals surface area (Å²) >= 11 is 3.41. The molecule has 0 unspecified atom stereocenters. The Labute approximate surface area is 82.3 Å². The van der Waals surface area contributed by atoms with Crippen LogP contribution in [-0.2, 0) is 12.8 Å². The molecule has 66 valence electrons. The Kier molecular flexibility index (Phi) is 4.30. The average Bonchev–Trinajstić information content (AvgIpc) is 2.15. The minimum absolute atomic E-state index is 1.06. The molecule has 0 aliphatic carbocycles. The van der Waals surface area contributed by atoms with E-state index in [1.807, 2.05) is 6.20 Å². The van der Waals surface area contributed by atoms with Gasteiger partial charge in [0.2, 0.25) is 0 Å². The normalized spacial score (nSPS) is 10.2. The van der Waals surface area contributed by atoms with E-state index in [-0.39, 0.29) is 0 Å². The highest BCUT2D eigenvalue weighted by Crippen LogP contribution is 2.04. The molecule has 0 aliphatic rings. The molecule has 0 N–H and O–H groups in total. The zero-order valence-corrected chi connectivity index (χ0v) is 8.97. The summed E-state index contributed by atoms with van der Waals surface area (Å²) in [7, 11) is 0. The van der Waals surface area contributed by atoms with Crippen molar-refractivity contribution in [3.63, 3.8) is 0 Å². The zero-order chi connectivity index (χ0) is 8.81. The van der Waals surface area contributed by atoms with Crippen molar-refractivity contribution in [1.82, 2.24) is 4.98 Å². The molecule has 1 aromatic rings. The van der Waals surface area contributed by atoms with Gasteiger partial charge in [-0.2, -0.15) is 0 Å². The lowest BCUT2D eigenvalue weighted by atomic mass is 10.2. The summed E-state index contributed by atoms with van der Waals surface area (Å²) in [5, 5.41) is 1.06. The van der Waals surface area contributed by atoms with E-state index in [1.165, 1.54) is 17.7 Å². The largest absolute Gasteiger partial charge is 0.261 e. The summed E-state index contributed by atoms with van der Waals surface area (Å²) in [5.41, 5.74) is 2.52. The Balaban J connectivity index is 2.53. The number of aryl methyl sites for hydroxylation is 2. The summed E-state index contributed by atoms with van der Waals surface area (Å²) in [6.07, 6.45) is 5.29. The minimum Gasteiger partial charge on any atom is -0.261 e. The van der Waals surface area contributed by atoms with Crippen molar-refractivity contribution >= 4 is 15.9 Å². The number of hydrogen-bond acceptors (Lipinski definition) is 1. The molecule has 0 saturated carbocycles. The van der Waals surface area contributed by atoms with Crippen LogP contribution in [0, 0.1) is 0 Å². The van der Waals surface area contributed by atoms with Crippen molar-refractivity contribution in [3.05, 3.63) is 29.6 Å². The smallest absolute Gasteiger partial charge is 0.0404 e. The van der Waals surface area contributed by atoms with E-state index in [2.05, 4.69) is 40.0 Å².